The Hall–Kier alpha value is -2.67. The fourth-order valence-corrected chi connectivity index (χ4v) is 1.82. The van der Waals surface area contributed by atoms with Crippen molar-refractivity contribution in [3.05, 3.63) is 59.1 Å². The van der Waals surface area contributed by atoms with Gasteiger partial charge in [0, 0.05) is 11.1 Å². The van der Waals surface area contributed by atoms with Crippen molar-refractivity contribution in [1.82, 2.24) is 5.32 Å². The Labute approximate surface area is 141 Å². The van der Waals surface area contributed by atoms with Crippen molar-refractivity contribution < 1.29 is 23.1 Å². The van der Waals surface area contributed by atoms with Crippen LogP contribution >= 0.6 is 11.6 Å². The molecular weight excluding hydrogens is 342 g/mol. The second kappa shape index (κ2) is 8.26. The summed E-state index contributed by atoms with van der Waals surface area (Å²) in [7, 11) is 0. The van der Waals surface area contributed by atoms with Crippen LogP contribution in [0.1, 0.15) is 0 Å². The summed E-state index contributed by atoms with van der Waals surface area (Å²) in [6.45, 7) is -0.667. The molecule has 24 heavy (non-hydrogen) atoms. The smallest absolute Gasteiger partial charge is 0.258 e. The number of carbonyl (C=O) groups is 2. The average Bonchev–Trinajstić information content (AvgIpc) is 2.55. The summed E-state index contributed by atoms with van der Waals surface area (Å²) < 4.78 is 31.3. The third-order valence-electron chi connectivity index (χ3n) is 2.83. The van der Waals surface area contributed by atoms with Crippen LogP contribution in [0.3, 0.4) is 0 Å². The van der Waals surface area contributed by atoms with Crippen molar-refractivity contribution in [2.45, 2.75) is 0 Å². The second-order valence-electron chi connectivity index (χ2n) is 4.69. The van der Waals surface area contributed by atoms with Gasteiger partial charge in [-0.1, -0.05) is 11.6 Å². The van der Waals surface area contributed by atoms with E-state index < -0.39 is 23.4 Å². The first-order chi connectivity index (χ1) is 11.4. The fraction of sp³-hybridized carbons (Fsp3) is 0.125. The molecule has 0 bridgehead atoms. The molecule has 2 N–H and O–H groups in total. The normalized spacial score (nSPS) is 10.1. The lowest BCUT2D eigenvalue weighted by molar-refractivity contribution is -0.125. The maximum atomic E-state index is 13.4. The number of benzene rings is 2. The molecule has 2 amide bonds. The lowest BCUT2D eigenvalue weighted by Gasteiger charge is -2.09. The molecule has 2 aromatic carbocycles. The minimum Gasteiger partial charge on any atom is -0.484 e. The quantitative estimate of drug-likeness (QED) is 0.838. The first-order valence-electron chi connectivity index (χ1n) is 6.84. The van der Waals surface area contributed by atoms with Crippen molar-refractivity contribution in [1.29, 1.82) is 0 Å². The molecule has 0 saturated carbocycles. The number of carbonyl (C=O) groups excluding carboxylic acids is 2. The van der Waals surface area contributed by atoms with Gasteiger partial charge >= 0.3 is 0 Å². The maximum Gasteiger partial charge on any atom is 0.258 e. The van der Waals surface area contributed by atoms with Crippen LogP contribution in [0.5, 0.6) is 5.75 Å². The van der Waals surface area contributed by atoms with E-state index in [1.54, 1.807) is 24.3 Å². The summed E-state index contributed by atoms with van der Waals surface area (Å²) in [6, 6.07) is 9.16. The standard InChI is InChI=1S/C16H13ClF2N2O3/c17-10-1-4-12(5-2-10)24-9-16(23)20-8-15(22)21-14-6-3-11(18)7-13(14)19/h1-7H,8-9H2,(H,20,23)(H,21,22). The minimum absolute atomic E-state index is 0.173. The van der Waals surface area contributed by atoms with E-state index in [0.29, 0.717) is 16.8 Å². The lowest BCUT2D eigenvalue weighted by atomic mass is 10.3. The third kappa shape index (κ3) is 5.51. The summed E-state index contributed by atoms with van der Waals surface area (Å²) in [4.78, 5) is 23.2. The Morgan fingerprint density at radius 3 is 2.42 bits per heavy atom. The van der Waals surface area contributed by atoms with Crippen LogP contribution in [0.15, 0.2) is 42.5 Å². The van der Waals surface area contributed by atoms with E-state index in [4.69, 9.17) is 16.3 Å². The molecule has 0 saturated heterocycles. The number of hydrogen-bond acceptors (Lipinski definition) is 3. The Kier molecular flexibility index (Phi) is 6.08. The molecule has 0 atom stereocenters. The monoisotopic (exact) mass is 354 g/mol. The molecule has 0 spiro atoms. The number of ether oxygens (including phenoxy) is 1. The van der Waals surface area contributed by atoms with Crippen LogP contribution in [-0.2, 0) is 9.59 Å². The molecule has 2 aromatic rings. The van der Waals surface area contributed by atoms with E-state index >= 15 is 0 Å². The molecule has 0 fully saturated rings. The SMILES string of the molecule is O=C(COc1ccc(Cl)cc1)NCC(=O)Nc1ccc(F)cc1F. The highest BCUT2D eigenvalue weighted by Crippen LogP contribution is 2.15. The van der Waals surface area contributed by atoms with Crippen LogP contribution in [0.4, 0.5) is 14.5 Å². The number of anilines is 1. The van der Waals surface area contributed by atoms with Crippen molar-refractivity contribution in [2.24, 2.45) is 0 Å². The molecule has 0 aliphatic heterocycles. The summed E-state index contributed by atoms with van der Waals surface area (Å²) in [5.74, 6) is -2.38. The first-order valence-corrected chi connectivity index (χ1v) is 7.22. The zero-order valence-electron chi connectivity index (χ0n) is 12.3. The highest BCUT2D eigenvalue weighted by molar-refractivity contribution is 6.30. The molecule has 0 unspecified atom stereocenters. The highest BCUT2D eigenvalue weighted by atomic mass is 35.5. The molecule has 0 aromatic heterocycles. The number of rotatable bonds is 6. The molecule has 0 radical (unpaired) electrons. The molecule has 2 rings (SSSR count). The van der Waals surface area contributed by atoms with Gasteiger partial charge in [0.25, 0.3) is 5.91 Å². The van der Waals surface area contributed by atoms with E-state index in [2.05, 4.69) is 10.6 Å². The molecule has 0 heterocycles. The van der Waals surface area contributed by atoms with Gasteiger partial charge in [-0.25, -0.2) is 8.78 Å². The van der Waals surface area contributed by atoms with Crippen LogP contribution < -0.4 is 15.4 Å². The Morgan fingerprint density at radius 1 is 1.04 bits per heavy atom. The van der Waals surface area contributed by atoms with Gasteiger partial charge in [0.15, 0.2) is 6.61 Å². The fourth-order valence-electron chi connectivity index (χ4n) is 1.69. The molecular formula is C16H13ClF2N2O3. The van der Waals surface area contributed by atoms with E-state index in [0.717, 1.165) is 12.1 Å². The van der Waals surface area contributed by atoms with Crippen LogP contribution in [0, 0.1) is 11.6 Å². The van der Waals surface area contributed by atoms with Crippen molar-refractivity contribution >= 4 is 29.1 Å². The van der Waals surface area contributed by atoms with Crippen molar-refractivity contribution in [3.8, 4) is 5.75 Å². The zero-order chi connectivity index (χ0) is 17.5. The zero-order valence-corrected chi connectivity index (χ0v) is 13.1. The second-order valence-corrected chi connectivity index (χ2v) is 5.13. The molecule has 0 aliphatic rings. The number of nitrogens with one attached hydrogen (secondary N) is 2. The summed E-state index contributed by atoms with van der Waals surface area (Å²) in [5, 5.41) is 5.08. The van der Waals surface area contributed by atoms with E-state index in [1.165, 1.54) is 0 Å². The van der Waals surface area contributed by atoms with Gasteiger partial charge in [-0.15, -0.1) is 0 Å². The van der Waals surface area contributed by atoms with Crippen LogP contribution in [0.25, 0.3) is 0 Å². The van der Waals surface area contributed by atoms with E-state index in [-0.39, 0.29) is 18.8 Å². The first kappa shape index (κ1) is 17.7. The lowest BCUT2D eigenvalue weighted by Crippen LogP contribution is -2.35. The van der Waals surface area contributed by atoms with Crippen LogP contribution in [0.2, 0.25) is 5.02 Å². The predicted molar refractivity (Wildman–Crippen MR) is 84.9 cm³/mol. The Morgan fingerprint density at radius 2 is 1.75 bits per heavy atom. The Bertz CT molecular complexity index is 739. The van der Waals surface area contributed by atoms with Gasteiger partial charge < -0.3 is 15.4 Å². The molecule has 0 aliphatic carbocycles. The molecule has 5 nitrogen and oxygen atoms in total. The van der Waals surface area contributed by atoms with E-state index in [1.807, 2.05) is 0 Å². The van der Waals surface area contributed by atoms with Crippen molar-refractivity contribution in [3.63, 3.8) is 0 Å². The largest absolute Gasteiger partial charge is 0.484 e. The predicted octanol–water partition coefficient (Wildman–Crippen LogP) is 2.75. The molecule has 126 valence electrons. The van der Waals surface area contributed by atoms with E-state index in [9.17, 15) is 18.4 Å². The van der Waals surface area contributed by atoms with Gasteiger partial charge in [-0.05, 0) is 36.4 Å². The van der Waals surface area contributed by atoms with Gasteiger partial charge in [0.05, 0.1) is 12.2 Å². The number of amides is 2. The number of halogens is 3. The summed E-state index contributed by atoms with van der Waals surface area (Å²) in [5.41, 5.74) is -0.173. The van der Waals surface area contributed by atoms with Gasteiger partial charge in [-0.2, -0.15) is 0 Å². The summed E-state index contributed by atoms with van der Waals surface area (Å²) >= 11 is 5.72. The maximum absolute atomic E-state index is 13.4. The summed E-state index contributed by atoms with van der Waals surface area (Å²) in [6.07, 6.45) is 0. The van der Waals surface area contributed by atoms with Gasteiger partial charge in [0.1, 0.15) is 17.4 Å². The topological polar surface area (TPSA) is 67.4 Å². The van der Waals surface area contributed by atoms with Gasteiger partial charge in [0.2, 0.25) is 5.91 Å². The minimum atomic E-state index is -0.902. The van der Waals surface area contributed by atoms with Crippen LogP contribution in [-0.4, -0.2) is 25.0 Å². The highest BCUT2D eigenvalue weighted by Gasteiger charge is 2.10. The van der Waals surface area contributed by atoms with Gasteiger partial charge in [-0.3, -0.25) is 9.59 Å². The Balaban J connectivity index is 1.74. The average molecular weight is 355 g/mol. The van der Waals surface area contributed by atoms with Crippen molar-refractivity contribution in [2.75, 3.05) is 18.5 Å². The third-order valence-corrected chi connectivity index (χ3v) is 3.09. The number of hydrogen-bond donors (Lipinski definition) is 2. The molecule has 8 heteroatoms.